The summed E-state index contributed by atoms with van der Waals surface area (Å²) >= 11 is 0. The molecule has 0 radical (unpaired) electrons. The van der Waals surface area contributed by atoms with Crippen molar-refractivity contribution in [2.24, 2.45) is 5.73 Å². The van der Waals surface area contributed by atoms with Gasteiger partial charge in [-0.15, -0.1) is 0 Å². The maximum Gasteiger partial charge on any atom is 0.471 e. The average molecular weight is 275 g/mol. The van der Waals surface area contributed by atoms with Crippen LogP contribution in [0.5, 0.6) is 0 Å². The zero-order valence-corrected chi connectivity index (χ0v) is 9.03. The molecule has 5 nitrogen and oxygen atoms in total. The summed E-state index contributed by atoms with van der Waals surface area (Å²) in [5.41, 5.74) is 4.43. The summed E-state index contributed by atoms with van der Waals surface area (Å²) in [5, 5.41) is 3.08. The first-order valence-corrected chi connectivity index (χ1v) is 4.79. The Morgan fingerprint density at radius 3 is 2.47 bits per heavy atom. The SMILES string of the molecule is NC(=O)c1ccc(-c2noc(C(F)(F)F)n2)cc1F. The smallest absolute Gasteiger partial charge is 0.366 e. The van der Waals surface area contributed by atoms with Gasteiger partial charge in [-0.1, -0.05) is 11.2 Å². The van der Waals surface area contributed by atoms with Gasteiger partial charge in [0.05, 0.1) is 5.56 Å². The van der Waals surface area contributed by atoms with E-state index in [4.69, 9.17) is 5.73 Å². The Balaban J connectivity index is 2.40. The van der Waals surface area contributed by atoms with Gasteiger partial charge in [-0.3, -0.25) is 4.79 Å². The lowest BCUT2D eigenvalue weighted by atomic mass is 10.1. The second-order valence-electron chi connectivity index (χ2n) is 3.48. The van der Waals surface area contributed by atoms with E-state index in [1.807, 2.05) is 0 Å². The van der Waals surface area contributed by atoms with Crippen molar-refractivity contribution < 1.29 is 26.9 Å². The number of nitrogens with two attached hydrogens (primary N) is 1. The highest BCUT2D eigenvalue weighted by molar-refractivity contribution is 5.93. The number of aromatic nitrogens is 2. The number of carbonyl (C=O) groups excluding carboxylic acids is 1. The van der Waals surface area contributed by atoms with Crippen molar-refractivity contribution in [3.63, 3.8) is 0 Å². The standard InChI is InChI=1S/C10H5F4N3O2/c11-6-3-4(1-2-5(6)7(15)18)8-16-9(19-17-8)10(12,13)14/h1-3H,(H2,15,18). The van der Waals surface area contributed by atoms with Gasteiger partial charge in [0.25, 0.3) is 5.91 Å². The zero-order chi connectivity index (χ0) is 14.2. The van der Waals surface area contributed by atoms with Crippen molar-refractivity contribution in [2.75, 3.05) is 0 Å². The lowest BCUT2D eigenvalue weighted by molar-refractivity contribution is -0.159. The molecule has 9 heteroatoms. The number of hydrogen-bond donors (Lipinski definition) is 1. The average Bonchev–Trinajstić information content (AvgIpc) is 2.76. The van der Waals surface area contributed by atoms with Crippen molar-refractivity contribution >= 4 is 5.91 Å². The summed E-state index contributed by atoms with van der Waals surface area (Å²) in [6.45, 7) is 0. The van der Waals surface area contributed by atoms with Gasteiger partial charge in [0.15, 0.2) is 0 Å². The lowest BCUT2D eigenvalue weighted by Crippen LogP contribution is -2.13. The molecule has 0 saturated heterocycles. The van der Waals surface area contributed by atoms with Crippen molar-refractivity contribution in [3.05, 3.63) is 35.5 Å². The molecule has 1 aromatic heterocycles. The number of primary amides is 1. The number of halogens is 4. The molecule has 0 aliphatic carbocycles. The normalized spacial score (nSPS) is 11.6. The van der Waals surface area contributed by atoms with Gasteiger partial charge in [-0.25, -0.2) is 4.39 Å². The van der Waals surface area contributed by atoms with Gasteiger partial charge in [-0.2, -0.15) is 18.2 Å². The third kappa shape index (κ3) is 2.54. The summed E-state index contributed by atoms with van der Waals surface area (Å²) in [6, 6.07) is 2.98. The van der Waals surface area contributed by atoms with Crippen LogP contribution >= 0.6 is 0 Å². The van der Waals surface area contributed by atoms with Crippen molar-refractivity contribution in [2.45, 2.75) is 6.18 Å². The van der Waals surface area contributed by atoms with Gasteiger partial charge < -0.3 is 10.3 Å². The highest BCUT2D eigenvalue weighted by Gasteiger charge is 2.38. The van der Waals surface area contributed by atoms with Gasteiger partial charge in [0, 0.05) is 5.56 Å². The van der Waals surface area contributed by atoms with Crippen LogP contribution in [0.25, 0.3) is 11.4 Å². The first-order chi connectivity index (χ1) is 8.79. The highest BCUT2D eigenvalue weighted by Crippen LogP contribution is 2.29. The summed E-state index contributed by atoms with van der Waals surface area (Å²) in [6.07, 6.45) is -4.78. The molecule has 0 saturated carbocycles. The number of nitrogens with zero attached hydrogens (tertiary/aromatic N) is 2. The monoisotopic (exact) mass is 275 g/mol. The lowest BCUT2D eigenvalue weighted by Gasteiger charge is -2.00. The van der Waals surface area contributed by atoms with Crippen LogP contribution in [0.4, 0.5) is 17.6 Å². The molecule has 2 rings (SSSR count). The molecule has 0 atom stereocenters. The van der Waals surface area contributed by atoms with Crippen LogP contribution in [-0.4, -0.2) is 16.0 Å². The molecule has 0 bridgehead atoms. The molecule has 0 aliphatic rings. The Labute approximate surface area is 103 Å². The molecule has 2 N–H and O–H groups in total. The molecule has 1 amide bonds. The Bertz CT molecular complexity index is 636. The minimum Gasteiger partial charge on any atom is -0.366 e. The van der Waals surface area contributed by atoms with Crippen LogP contribution in [0.3, 0.4) is 0 Å². The maximum absolute atomic E-state index is 13.4. The maximum atomic E-state index is 13.4. The summed E-state index contributed by atoms with van der Waals surface area (Å²) in [7, 11) is 0. The molecule has 1 heterocycles. The topological polar surface area (TPSA) is 82.0 Å². The third-order valence-corrected chi connectivity index (χ3v) is 2.16. The van der Waals surface area contributed by atoms with E-state index in [0.29, 0.717) is 0 Å². The highest BCUT2D eigenvalue weighted by atomic mass is 19.4. The zero-order valence-electron chi connectivity index (χ0n) is 9.03. The number of benzene rings is 1. The first kappa shape index (κ1) is 13.0. The Kier molecular flexibility index (Phi) is 2.97. The number of alkyl halides is 3. The summed E-state index contributed by atoms with van der Waals surface area (Å²) in [5.74, 6) is -3.96. The largest absolute Gasteiger partial charge is 0.471 e. The van der Waals surface area contributed by atoms with Crippen molar-refractivity contribution in [3.8, 4) is 11.4 Å². The summed E-state index contributed by atoms with van der Waals surface area (Å²) < 4.78 is 54.1. The van der Waals surface area contributed by atoms with Gasteiger partial charge in [0.1, 0.15) is 5.82 Å². The minimum atomic E-state index is -4.78. The summed E-state index contributed by atoms with van der Waals surface area (Å²) in [4.78, 5) is 13.9. The van der Waals surface area contributed by atoms with E-state index in [2.05, 4.69) is 14.7 Å². The number of hydrogen-bond acceptors (Lipinski definition) is 4. The Hall–Kier alpha value is -2.45. The molecule has 0 unspecified atom stereocenters. The second-order valence-corrected chi connectivity index (χ2v) is 3.48. The fourth-order valence-corrected chi connectivity index (χ4v) is 1.31. The van der Waals surface area contributed by atoms with Crippen LogP contribution in [0.2, 0.25) is 0 Å². The van der Waals surface area contributed by atoms with Gasteiger partial charge in [0.2, 0.25) is 5.82 Å². The predicted molar refractivity (Wildman–Crippen MR) is 53.2 cm³/mol. The van der Waals surface area contributed by atoms with Crippen LogP contribution < -0.4 is 5.73 Å². The Morgan fingerprint density at radius 2 is 2.00 bits per heavy atom. The first-order valence-electron chi connectivity index (χ1n) is 4.79. The number of carbonyl (C=O) groups is 1. The minimum absolute atomic E-state index is 0.0678. The van der Waals surface area contributed by atoms with E-state index in [0.717, 1.165) is 18.2 Å². The molecule has 0 spiro atoms. The fourth-order valence-electron chi connectivity index (χ4n) is 1.31. The second kappa shape index (κ2) is 4.34. The van der Waals surface area contributed by atoms with Crippen LogP contribution in [0, 0.1) is 5.82 Å². The third-order valence-electron chi connectivity index (χ3n) is 2.16. The van der Waals surface area contributed by atoms with Gasteiger partial charge >= 0.3 is 12.1 Å². The van der Waals surface area contributed by atoms with E-state index in [1.165, 1.54) is 0 Å². The number of amides is 1. The molecule has 0 fully saturated rings. The van der Waals surface area contributed by atoms with Crippen molar-refractivity contribution in [1.29, 1.82) is 0 Å². The molecule has 19 heavy (non-hydrogen) atoms. The predicted octanol–water partition coefficient (Wildman–Crippen LogP) is 1.99. The molecule has 100 valence electrons. The molecular formula is C10H5F4N3O2. The molecule has 0 aliphatic heterocycles. The fraction of sp³-hybridized carbons (Fsp3) is 0.100. The molecule has 2 aromatic rings. The molecular weight excluding hydrogens is 270 g/mol. The van der Waals surface area contributed by atoms with E-state index in [-0.39, 0.29) is 11.1 Å². The number of rotatable bonds is 2. The van der Waals surface area contributed by atoms with E-state index in [9.17, 15) is 22.4 Å². The van der Waals surface area contributed by atoms with E-state index >= 15 is 0 Å². The van der Waals surface area contributed by atoms with Crippen LogP contribution in [0.1, 0.15) is 16.2 Å². The Morgan fingerprint density at radius 1 is 1.32 bits per heavy atom. The van der Waals surface area contributed by atoms with Gasteiger partial charge in [-0.05, 0) is 12.1 Å². The van der Waals surface area contributed by atoms with Crippen LogP contribution in [0.15, 0.2) is 22.7 Å². The van der Waals surface area contributed by atoms with E-state index in [1.54, 1.807) is 0 Å². The quantitative estimate of drug-likeness (QED) is 0.850. The van der Waals surface area contributed by atoms with Crippen LogP contribution in [-0.2, 0) is 6.18 Å². The molecule has 1 aromatic carbocycles. The van der Waals surface area contributed by atoms with E-state index < -0.39 is 29.6 Å². The van der Waals surface area contributed by atoms with Crippen molar-refractivity contribution in [1.82, 2.24) is 10.1 Å².